The lowest BCUT2D eigenvalue weighted by molar-refractivity contribution is -0.114. The summed E-state index contributed by atoms with van der Waals surface area (Å²) < 4.78 is 2.13. The molecule has 26 heavy (non-hydrogen) atoms. The van der Waals surface area contributed by atoms with E-state index in [4.69, 9.17) is 0 Å². The minimum atomic E-state index is -0.260. The van der Waals surface area contributed by atoms with Crippen LogP contribution in [-0.2, 0) is 11.3 Å². The van der Waals surface area contributed by atoms with Gasteiger partial charge in [-0.1, -0.05) is 23.9 Å². The van der Waals surface area contributed by atoms with Crippen LogP contribution >= 0.6 is 11.8 Å². The lowest BCUT2D eigenvalue weighted by atomic mass is 10.1. The van der Waals surface area contributed by atoms with Gasteiger partial charge in [0.25, 0.3) is 0 Å². The van der Waals surface area contributed by atoms with E-state index in [0.29, 0.717) is 11.3 Å². The molecule has 0 spiro atoms. The summed E-state index contributed by atoms with van der Waals surface area (Å²) in [6.07, 6.45) is 0. The van der Waals surface area contributed by atoms with Crippen molar-refractivity contribution < 1.29 is 9.59 Å². The highest BCUT2D eigenvalue weighted by Crippen LogP contribution is 2.29. The van der Waals surface area contributed by atoms with Gasteiger partial charge in [-0.25, -0.2) is 4.98 Å². The third-order valence-electron chi connectivity index (χ3n) is 4.08. The number of nitrogens with zero attached hydrogens (tertiary/aromatic N) is 2. The standard InChI is InChI=1S/C20H21N3O2S/c1-4-23-18-8-6-5-7-17(18)22-20(23)26-13(2)19(25)15-9-11-16(12-10-15)21-14(3)24/h5-13H,4H2,1-3H3,(H,21,24)/t13-/m1/s1. The average molecular weight is 367 g/mol. The number of hydrogen-bond donors (Lipinski definition) is 1. The second-order valence-electron chi connectivity index (χ2n) is 6.01. The molecule has 134 valence electrons. The molecule has 0 radical (unpaired) electrons. The van der Waals surface area contributed by atoms with E-state index in [9.17, 15) is 9.59 Å². The Labute approximate surface area is 156 Å². The van der Waals surface area contributed by atoms with Crippen LogP contribution in [0.15, 0.2) is 53.7 Å². The zero-order valence-electron chi connectivity index (χ0n) is 15.0. The number of carbonyl (C=O) groups excluding carboxylic acids is 2. The molecule has 1 aromatic heterocycles. The summed E-state index contributed by atoms with van der Waals surface area (Å²) in [5.74, 6) is -0.0921. The van der Waals surface area contributed by atoms with Crippen molar-refractivity contribution in [1.82, 2.24) is 9.55 Å². The van der Waals surface area contributed by atoms with Gasteiger partial charge in [0.05, 0.1) is 16.3 Å². The molecule has 1 atom stereocenters. The number of aryl methyl sites for hydroxylation is 1. The second kappa shape index (κ2) is 7.74. The Kier molecular flexibility index (Phi) is 5.42. The van der Waals surface area contributed by atoms with Gasteiger partial charge in [0, 0.05) is 24.7 Å². The molecule has 1 heterocycles. The van der Waals surface area contributed by atoms with Gasteiger partial charge in [-0.15, -0.1) is 0 Å². The molecule has 0 aliphatic rings. The van der Waals surface area contributed by atoms with Crippen molar-refractivity contribution in [2.75, 3.05) is 5.32 Å². The molecule has 0 saturated heterocycles. The molecule has 0 aliphatic carbocycles. The smallest absolute Gasteiger partial charge is 0.221 e. The van der Waals surface area contributed by atoms with E-state index in [0.717, 1.165) is 22.7 Å². The molecular weight excluding hydrogens is 346 g/mol. The fourth-order valence-corrected chi connectivity index (χ4v) is 3.88. The molecule has 3 aromatic rings. The number of para-hydroxylation sites is 2. The number of amides is 1. The summed E-state index contributed by atoms with van der Waals surface area (Å²) in [6, 6.07) is 15.0. The van der Waals surface area contributed by atoms with E-state index in [2.05, 4.69) is 21.8 Å². The van der Waals surface area contributed by atoms with Crippen molar-refractivity contribution in [2.24, 2.45) is 0 Å². The maximum absolute atomic E-state index is 12.8. The number of carbonyl (C=O) groups is 2. The van der Waals surface area contributed by atoms with Crippen molar-refractivity contribution in [3.63, 3.8) is 0 Å². The molecular formula is C20H21N3O2S. The third-order valence-corrected chi connectivity index (χ3v) is 5.17. The summed E-state index contributed by atoms with van der Waals surface area (Å²) in [4.78, 5) is 28.5. The predicted molar refractivity (Wildman–Crippen MR) is 106 cm³/mol. The quantitative estimate of drug-likeness (QED) is 0.519. The van der Waals surface area contributed by atoms with E-state index in [1.165, 1.54) is 18.7 Å². The minimum absolute atomic E-state index is 0.0408. The number of aromatic nitrogens is 2. The van der Waals surface area contributed by atoms with Gasteiger partial charge < -0.3 is 9.88 Å². The number of imidazole rings is 1. The highest BCUT2D eigenvalue weighted by atomic mass is 32.2. The fraction of sp³-hybridized carbons (Fsp3) is 0.250. The summed E-state index contributed by atoms with van der Waals surface area (Å²) in [6.45, 7) is 6.23. The lowest BCUT2D eigenvalue weighted by Crippen LogP contribution is -2.15. The number of Topliss-reactive ketones (excluding diaryl/α,β-unsaturated/α-hetero) is 1. The number of hydrogen-bond acceptors (Lipinski definition) is 4. The van der Waals surface area contributed by atoms with Crippen LogP contribution < -0.4 is 5.32 Å². The number of thioether (sulfide) groups is 1. The van der Waals surface area contributed by atoms with Gasteiger partial charge in [-0.3, -0.25) is 9.59 Å². The van der Waals surface area contributed by atoms with E-state index in [1.54, 1.807) is 24.3 Å². The first-order valence-corrected chi connectivity index (χ1v) is 9.41. The molecule has 2 aromatic carbocycles. The second-order valence-corrected chi connectivity index (χ2v) is 7.32. The molecule has 0 fully saturated rings. The molecule has 1 amide bonds. The fourth-order valence-electron chi connectivity index (χ4n) is 2.82. The van der Waals surface area contributed by atoms with Crippen molar-refractivity contribution >= 4 is 40.2 Å². The van der Waals surface area contributed by atoms with Crippen molar-refractivity contribution in [1.29, 1.82) is 0 Å². The molecule has 0 aliphatic heterocycles. The first-order valence-electron chi connectivity index (χ1n) is 8.53. The van der Waals surface area contributed by atoms with Crippen LogP contribution in [0.3, 0.4) is 0 Å². The Morgan fingerprint density at radius 2 is 1.85 bits per heavy atom. The minimum Gasteiger partial charge on any atom is -0.326 e. The van der Waals surface area contributed by atoms with E-state index in [1.807, 2.05) is 31.2 Å². The first-order chi connectivity index (χ1) is 12.5. The molecule has 0 saturated carbocycles. The number of rotatable bonds is 6. The molecule has 1 N–H and O–H groups in total. The number of ketones is 1. The monoisotopic (exact) mass is 367 g/mol. The Morgan fingerprint density at radius 3 is 2.50 bits per heavy atom. The lowest BCUT2D eigenvalue weighted by Gasteiger charge is -2.12. The molecule has 5 nitrogen and oxygen atoms in total. The highest BCUT2D eigenvalue weighted by Gasteiger charge is 2.20. The molecule has 3 rings (SSSR count). The van der Waals surface area contributed by atoms with Crippen LogP contribution in [0.1, 0.15) is 31.1 Å². The largest absolute Gasteiger partial charge is 0.326 e. The Hall–Kier alpha value is -2.60. The van der Waals surface area contributed by atoms with E-state index < -0.39 is 0 Å². The SMILES string of the molecule is CCn1c(S[C@H](C)C(=O)c2ccc(NC(C)=O)cc2)nc2ccccc21. The van der Waals surface area contributed by atoms with Gasteiger partial charge in [0.1, 0.15) is 0 Å². The Morgan fingerprint density at radius 1 is 1.15 bits per heavy atom. The maximum Gasteiger partial charge on any atom is 0.221 e. The molecule has 6 heteroatoms. The van der Waals surface area contributed by atoms with Crippen LogP contribution in [0.25, 0.3) is 11.0 Å². The Bertz CT molecular complexity index is 947. The van der Waals surface area contributed by atoms with Gasteiger partial charge >= 0.3 is 0 Å². The number of benzene rings is 2. The average Bonchev–Trinajstić information content (AvgIpc) is 2.98. The first kappa shape index (κ1) is 18.2. The number of nitrogens with one attached hydrogen (secondary N) is 1. The highest BCUT2D eigenvalue weighted by molar-refractivity contribution is 8.00. The van der Waals surface area contributed by atoms with Crippen LogP contribution in [0.2, 0.25) is 0 Å². The van der Waals surface area contributed by atoms with Crippen LogP contribution in [-0.4, -0.2) is 26.5 Å². The summed E-state index contributed by atoms with van der Waals surface area (Å²) in [7, 11) is 0. The molecule has 0 unspecified atom stereocenters. The topological polar surface area (TPSA) is 64.0 Å². The number of fused-ring (bicyclic) bond motifs is 1. The number of anilines is 1. The van der Waals surface area contributed by atoms with Gasteiger partial charge in [-0.05, 0) is 50.2 Å². The Balaban J connectivity index is 1.78. The summed E-state index contributed by atoms with van der Waals surface area (Å²) in [5, 5.41) is 3.29. The van der Waals surface area contributed by atoms with Gasteiger partial charge in [0.2, 0.25) is 5.91 Å². The third kappa shape index (κ3) is 3.80. The zero-order chi connectivity index (χ0) is 18.7. The van der Waals surface area contributed by atoms with E-state index >= 15 is 0 Å². The summed E-state index contributed by atoms with van der Waals surface area (Å²) in [5.41, 5.74) is 3.33. The van der Waals surface area contributed by atoms with Crippen LogP contribution in [0.4, 0.5) is 5.69 Å². The maximum atomic E-state index is 12.8. The van der Waals surface area contributed by atoms with Crippen molar-refractivity contribution in [2.45, 2.75) is 37.7 Å². The van der Waals surface area contributed by atoms with Crippen molar-refractivity contribution in [3.8, 4) is 0 Å². The van der Waals surface area contributed by atoms with E-state index in [-0.39, 0.29) is 16.9 Å². The van der Waals surface area contributed by atoms with Crippen LogP contribution in [0, 0.1) is 0 Å². The van der Waals surface area contributed by atoms with Gasteiger partial charge in [0.15, 0.2) is 10.9 Å². The van der Waals surface area contributed by atoms with Crippen LogP contribution in [0.5, 0.6) is 0 Å². The normalized spacial score (nSPS) is 12.1. The molecule has 0 bridgehead atoms. The van der Waals surface area contributed by atoms with Gasteiger partial charge in [-0.2, -0.15) is 0 Å². The van der Waals surface area contributed by atoms with Crippen molar-refractivity contribution in [3.05, 3.63) is 54.1 Å². The predicted octanol–water partition coefficient (Wildman–Crippen LogP) is 4.38. The zero-order valence-corrected chi connectivity index (χ0v) is 15.8. The summed E-state index contributed by atoms with van der Waals surface area (Å²) >= 11 is 1.47.